The zero-order chi connectivity index (χ0) is 16.4. The fourth-order valence-corrected chi connectivity index (χ4v) is 3.33. The first-order chi connectivity index (χ1) is 11.8. The largest absolute Gasteiger partial charge is 0.492 e. The van der Waals surface area contributed by atoms with Crippen LogP contribution in [-0.2, 0) is 11.2 Å². The topological polar surface area (TPSA) is 54.5 Å². The van der Waals surface area contributed by atoms with Gasteiger partial charge in [0.1, 0.15) is 18.2 Å². The molecule has 2 aliphatic rings. The summed E-state index contributed by atoms with van der Waals surface area (Å²) >= 11 is 0. The lowest BCUT2D eigenvalue weighted by atomic mass is 9.96. The molecule has 0 radical (unpaired) electrons. The number of nitrogens with zero attached hydrogens (tertiary/aromatic N) is 2. The maximum atomic E-state index is 12.5. The lowest BCUT2D eigenvalue weighted by Crippen LogP contribution is -2.32. The van der Waals surface area contributed by atoms with E-state index in [-0.39, 0.29) is 11.8 Å². The van der Waals surface area contributed by atoms with E-state index in [2.05, 4.69) is 15.2 Å². The van der Waals surface area contributed by atoms with E-state index in [9.17, 15) is 4.79 Å². The molecular weight excluding hydrogens is 302 g/mol. The van der Waals surface area contributed by atoms with Crippen LogP contribution in [0.3, 0.4) is 0 Å². The Labute approximate surface area is 141 Å². The molecule has 2 aromatic rings. The van der Waals surface area contributed by atoms with Crippen molar-refractivity contribution >= 4 is 17.4 Å². The molecule has 1 amide bonds. The third-order valence-corrected chi connectivity index (χ3v) is 4.70. The van der Waals surface area contributed by atoms with Crippen LogP contribution in [0.1, 0.15) is 18.4 Å². The number of hydrogen-bond donors (Lipinski definition) is 1. The minimum Gasteiger partial charge on any atom is -0.492 e. The predicted molar refractivity (Wildman–Crippen MR) is 93.4 cm³/mol. The molecule has 5 heteroatoms. The second-order valence-corrected chi connectivity index (χ2v) is 6.41. The average Bonchev–Trinajstić information content (AvgIpc) is 3.16. The van der Waals surface area contributed by atoms with Crippen molar-refractivity contribution in [2.45, 2.75) is 19.3 Å². The third-order valence-electron chi connectivity index (χ3n) is 4.70. The van der Waals surface area contributed by atoms with Gasteiger partial charge in [0.25, 0.3) is 0 Å². The normalized spacial score (nSPS) is 19.5. The predicted octanol–water partition coefficient (Wildman–Crippen LogP) is 2.87. The monoisotopic (exact) mass is 323 g/mol. The van der Waals surface area contributed by atoms with Crippen LogP contribution in [0.15, 0.2) is 42.6 Å². The van der Waals surface area contributed by atoms with Crippen LogP contribution in [0.4, 0.5) is 11.5 Å². The van der Waals surface area contributed by atoms with Gasteiger partial charge in [0.2, 0.25) is 5.91 Å². The van der Waals surface area contributed by atoms with Gasteiger partial charge in [-0.25, -0.2) is 4.98 Å². The number of para-hydroxylation sites is 1. The third kappa shape index (κ3) is 3.07. The average molecular weight is 323 g/mol. The molecule has 24 heavy (non-hydrogen) atoms. The molecular formula is C19H21N3O2. The van der Waals surface area contributed by atoms with Crippen molar-refractivity contribution in [2.75, 3.05) is 29.9 Å². The highest BCUT2D eigenvalue weighted by atomic mass is 16.5. The van der Waals surface area contributed by atoms with Crippen LogP contribution < -0.4 is 15.0 Å². The summed E-state index contributed by atoms with van der Waals surface area (Å²) in [5.41, 5.74) is 1.83. The quantitative estimate of drug-likeness (QED) is 0.944. The van der Waals surface area contributed by atoms with Gasteiger partial charge in [-0.05, 0) is 43.0 Å². The van der Waals surface area contributed by atoms with Gasteiger partial charge in [0, 0.05) is 13.1 Å². The van der Waals surface area contributed by atoms with Crippen LogP contribution in [0.25, 0.3) is 0 Å². The molecule has 0 unspecified atom stereocenters. The zero-order valence-electron chi connectivity index (χ0n) is 13.6. The Hall–Kier alpha value is -2.56. The number of nitrogens with one attached hydrogen (secondary N) is 1. The molecule has 1 aromatic heterocycles. The molecule has 0 spiro atoms. The number of pyridine rings is 1. The lowest BCUT2D eigenvalue weighted by Gasteiger charge is -2.24. The zero-order valence-corrected chi connectivity index (χ0v) is 13.6. The number of rotatable bonds is 3. The van der Waals surface area contributed by atoms with Crippen molar-refractivity contribution in [3.05, 3.63) is 48.2 Å². The van der Waals surface area contributed by atoms with E-state index < -0.39 is 0 Å². The van der Waals surface area contributed by atoms with E-state index >= 15 is 0 Å². The van der Waals surface area contributed by atoms with Gasteiger partial charge in [0.05, 0.1) is 17.8 Å². The minimum atomic E-state index is -0.168. The molecule has 0 bridgehead atoms. The fraction of sp³-hybridized carbons (Fsp3) is 0.368. The Morgan fingerprint density at radius 2 is 2.00 bits per heavy atom. The first-order valence-electron chi connectivity index (χ1n) is 8.52. The summed E-state index contributed by atoms with van der Waals surface area (Å²) in [6.45, 7) is 2.55. The van der Waals surface area contributed by atoms with Crippen molar-refractivity contribution in [1.82, 2.24) is 4.98 Å². The molecule has 4 rings (SSSR count). The molecule has 1 atom stereocenters. The standard InChI is InChI=1S/C19H21N3O2/c23-19(15-11-14-5-1-2-6-17(14)24-13-15)21-16-7-8-18(20-12-16)22-9-3-4-10-22/h1-2,5-8,12,15H,3-4,9-11,13H2,(H,21,23)/t15-/m1/s1. The van der Waals surface area contributed by atoms with Gasteiger partial charge in [-0.15, -0.1) is 0 Å². The summed E-state index contributed by atoms with van der Waals surface area (Å²) in [6.07, 6.45) is 4.90. The summed E-state index contributed by atoms with van der Waals surface area (Å²) in [7, 11) is 0. The maximum Gasteiger partial charge on any atom is 0.231 e. The Kier molecular flexibility index (Phi) is 4.07. The SMILES string of the molecule is O=C(Nc1ccc(N2CCCC2)nc1)[C@H]1COc2ccccc2C1. The van der Waals surface area contributed by atoms with Crippen LogP contribution in [0.5, 0.6) is 5.75 Å². The molecule has 3 heterocycles. The molecule has 0 saturated carbocycles. The molecule has 1 saturated heterocycles. The van der Waals surface area contributed by atoms with E-state index in [1.807, 2.05) is 36.4 Å². The van der Waals surface area contributed by atoms with E-state index in [1.165, 1.54) is 12.8 Å². The summed E-state index contributed by atoms with van der Waals surface area (Å²) in [4.78, 5) is 19.2. The van der Waals surface area contributed by atoms with Crippen molar-refractivity contribution in [2.24, 2.45) is 5.92 Å². The minimum absolute atomic E-state index is 0.0137. The fourth-order valence-electron chi connectivity index (χ4n) is 3.33. The van der Waals surface area contributed by atoms with Crippen molar-refractivity contribution in [3.8, 4) is 5.75 Å². The maximum absolute atomic E-state index is 12.5. The first kappa shape index (κ1) is 15.0. The summed E-state index contributed by atoms with van der Waals surface area (Å²) < 4.78 is 5.70. The highest BCUT2D eigenvalue weighted by Gasteiger charge is 2.26. The highest BCUT2D eigenvalue weighted by Crippen LogP contribution is 2.27. The Bertz CT molecular complexity index is 724. The lowest BCUT2D eigenvalue weighted by molar-refractivity contribution is -0.121. The van der Waals surface area contributed by atoms with E-state index in [4.69, 9.17) is 4.74 Å². The summed E-state index contributed by atoms with van der Waals surface area (Å²) in [5, 5.41) is 2.96. The Morgan fingerprint density at radius 3 is 2.79 bits per heavy atom. The van der Waals surface area contributed by atoms with Gasteiger partial charge < -0.3 is 15.0 Å². The van der Waals surface area contributed by atoms with Crippen LogP contribution in [0.2, 0.25) is 0 Å². The number of carbonyl (C=O) groups is 1. The number of amides is 1. The highest BCUT2D eigenvalue weighted by molar-refractivity contribution is 5.93. The number of aromatic nitrogens is 1. The number of carbonyl (C=O) groups excluding carboxylic acids is 1. The molecule has 124 valence electrons. The molecule has 5 nitrogen and oxygen atoms in total. The first-order valence-corrected chi connectivity index (χ1v) is 8.52. The second kappa shape index (κ2) is 6.51. The van der Waals surface area contributed by atoms with E-state index in [0.717, 1.165) is 35.9 Å². The van der Waals surface area contributed by atoms with Crippen molar-refractivity contribution in [3.63, 3.8) is 0 Å². The number of hydrogen-bond acceptors (Lipinski definition) is 4. The number of ether oxygens (including phenoxy) is 1. The second-order valence-electron chi connectivity index (χ2n) is 6.41. The van der Waals surface area contributed by atoms with Crippen molar-refractivity contribution < 1.29 is 9.53 Å². The Morgan fingerprint density at radius 1 is 1.17 bits per heavy atom. The van der Waals surface area contributed by atoms with E-state index in [0.29, 0.717) is 13.0 Å². The number of benzene rings is 1. The summed E-state index contributed by atoms with van der Waals surface area (Å²) in [5.74, 6) is 1.69. The number of anilines is 2. The number of fused-ring (bicyclic) bond motifs is 1. The molecule has 2 aliphatic heterocycles. The van der Waals surface area contributed by atoms with Gasteiger partial charge in [-0.1, -0.05) is 18.2 Å². The van der Waals surface area contributed by atoms with Crippen LogP contribution in [0, 0.1) is 5.92 Å². The van der Waals surface area contributed by atoms with Gasteiger partial charge in [-0.3, -0.25) is 4.79 Å². The summed E-state index contributed by atoms with van der Waals surface area (Å²) in [6, 6.07) is 11.8. The van der Waals surface area contributed by atoms with Gasteiger partial charge in [0.15, 0.2) is 0 Å². The molecule has 1 aromatic carbocycles. The smallest absolute Gasteiger partial charge is 0.231 e. The van der Waals surface area contributed by atoms with E-state index in [1.54, 1.807) is 6.20 Å². The van der Waals surface area contributed by atoms with Crippen molar-refractivity contribution in [1.29, 1.82) is 0 Å². The molecule has 0 aliphatic carbocycles. The molecule has 1 N–H and O–H groups in total. The molecule has 1 fully saturated rings. The van der Waals surface area contributed by atoms with Crippen LogP contribution in [-0.4, -0.2) is 30.6 Å². The Balaban J connectivity index is 1.39. The van der Waals surface area contributed by atoms with Gasteiger partial charge in [-0.2, -0.15) is 0 Å². The van der Waals surface area contributed by atoms with Gasteiger partial charge >= 0.3 is 0 Å². The van der Waals surface area contributed by atoms with Crippen LogP contribution >= 0.6 is 0 Å².